The number of halogens is 1. The minimum Gasteiger partial charge on any atom is -0.396 e. The Morgan fingerprint density at radius 2 is 1.67 bits per heavy atom. The summed E-state index contributed by atoms with van der Waals surface area (Å²) in [6.07, 6.45) is 10.5. The predicted molar refractivity (Wildman–Crippen MR) is 106 cm³/mol. The minimum absolute atomic E-state index is 0.142. The van der Waals surface area contributed by atoms with Gasteiger partial charge in [-0.2, -0.15) is 0 Å². The fraction of sp³-hybridized carbons (Fsp3) is 1.00. The van der Waals surface area contributed by atoms with Crippen LogP contribution in [0.1, 0.15) is 64.2 Å². The molecule has 3 rings (SSSR count). The second-order valence-corrected chi connectivity index (χ2v) is 9.11. The van der Waals surface area contributed by atoms with Crippen LogP contribution in [0.2, 0.25) is 0 Å². The second kappa shape index (κ2) is 11.1. The number of hydrogen-bond donors (Lipinski definition) is 1. The first-order valence-electron chi connectivity index (χ1n) is 11.3. The molecule has 1 saturated heterocycles. The van der Waals surface area contributed by atoms with Crippen molar-refractivity contribution in [1.82, 2.24) is 4.90 Å². The summed E-state index contributed by atoms with van der Waals surface area (Å²) >= 11 is 0. The van der Waals surface area contributed by atoms with Crippen LogP contribution in [-0.2, 0) is 9.47 Å². The number of hydrogen-bond acceptors (Lipinski definition) is 4. The Morgan fingerprint density at radius 1 is 0.963 bits per heavy atom. The molecule has 0 aromatic carbocycles. The maximum absolute atomic E-state index is 13.2. The Morgan fingerprint density at radius 3 is 2.33 bits per heavy atom. The first-order chi connectivity index (χ1) is 13.2. The topological polar surface area (TPSA) is 41.9 Å². The van der Waals surface area contributed by atoms with Gasteiger partial charge in [0, 0.05) is 38.6 Å². The summed E-state index contributed by atoms with van der Waals surface area (Å²) in [5, 5.41) is 9.57. The third-order valence-electron chi connectivity index (χ3n) is 7.30. The van der Waals surface area contributed by atoms with Gasteiger partial charge in [0.25, 0.3) is 0 Å². The highest BCUT2D eigenvalue weighted by molar-refractivity contribution is 4.83. The standard InChI is InChI=1S/C22H40FNO3/c1-26-22-18(15-25)3-2-4-19(22)16-27-21-10-13-24(14-11-21)12-9-17-5-7-20(23)8-6-17/h17-22,25H,2-16H2,1H3. The van der Waals surface area contributed by atoms with E-state index in [9.17, 15) is 9.50 Å². The summed E-state index contributed by atoms with van der Waals surface area (Å²) in [4.78, 5) is 2.57. The van der Waals surface area contributed by atoms with E-state index in [2.05, 4.69) is 4.90 Å². The van der Waals surface area contributed by atoms with Crippen LogP contribution >= 0.6 is 0 Å². The molecule has 0 radical (unpaired) electrons. The summed E-state index contributed by atoms with van der Waals surface area (Å²) in [7, 11) is 1.77. The van der Waals surface area contributed by atoms with E-state index in [1.165, 1.54) is 19.4 Å². The molecule has 2 aliphatic carbocycles. The van der Waals surface area contributed by atoms with Gasteiger partial charge in [0.15, 0.2) is 0 Å². The van der Waals surface area contributed by atoms with Crippen LogP contribution in [0.4, 0.5) is 4.39 Å². The molecule has 158 valence electrons. The zero-order valence-corrected chi connectivity index (χ0v) is 17.2. The van der Waals surface area contributed by atoms with E-state index < -0.39 is 6.17 Å². The van der Waals surface area contributed by atoms with Gasteiger partial charge in [-0.3, -0.25) is 0 Å². The Balaban J connectivity index is 1.31. The predicted octanol–water partition coefficient (Wildman–Crippen LogP) is 3.81. The van der Waals surface area contributed by atoms with Crippen molar-refractivity contribution in [3.63, 3.8) is 0 Å². The van der Waals surface area contributed by atoms with Gasteiger partial charge in [0.2, 0.25) is 0 Å². The molecular weight excluding hydrogens is 345 g/mol. The molecule has 1 aliphatic heterocycles. The lowest BCUT2D eigenvalue weighted by Gasteiger charge is -2.38. The van der Waals surface area contributed by atoms with Gasteiger partial charge in [0.1, 0.15) is 6.17 Å². The molecule has 3 atom stereocenters. The zero-order valence-electron chi connectivity index (χ0n) is 17.2. The van der Waals surface area contributed by atoms with Gasteiger partial charge in [-0.25, -0.2) is 4.39 Å². The van der Waals surface area contributed by atoms with Crippen LogP contribution < -0.4 is 0 Å². The molecule has 3 fully saturated rings. The first-order valence-corrected chi connectivity index (χ1v) is 11.3. The lowest BCUT2D eigenvalue weighted by Crippen LogP contribution is -2.42. The summed E-state index contributed by atoms with van der Waals surface area (Å²) in [5.41, 5.74) is 0. The largest absolute Gasteiger partial charge is 0.396 e. The highest BCUT2D eigenvalue weighted by Crippen LogP contribution is 2.32. The van der Waals surface area contributed by atoms with Gasteiger partial charge < -0.3 is 19.5 Å². The van der Waals surface area contributed by atoms with Crippen molar-refractivity contribution >= 4 is 0 Å². The highest BCUT2D eigenvalue weighted by atomic mass is 19.1. The molecule has 1 N–H and O–H groups in total. The third kappa shape index (κ3) is 6.38. The van der Waals surface area contributed by atoms with Crippen molar-refractivity contribution in [3.05, 3.63) is 0 Å². The fourth-order valence-electron chi connectivity index (χ4n) is 5.45. The maximum Gasteiger partial charge on any atom is 0.100 e. The van der Waals surface area contributed by atoms with Crippen molar-refractivity contribution in [3.8, 4) is 0 Å². The number of ether oxygens (including phenoxy) is 2. The number of nitrogens with zero attached hydrogens (tertiary/aromatic N) is 1. The molecule has 4 nitrogen and oxygen atoms in total. The van der Waals surface area contributed by atoms with Crippen LogP contribution in [0, 0.1) is 17.8 Å². The molecule has 0 aromatic heterocycles. The van der Waals surface area contributed by atoms with Crippen molar-refractivity contribution in [1.29, 1.82) is 0 Å². The second-order valence-electron chi connectivity index (χ2n) is 9.11. The highest BCUT2D eigenvalue weighted by Gasteiger charge is 2.34. The minimum atomic E-state index is -0.538. The maximum atomic E-state index is 13.2. The summed E-state index contributed by atoms with van der Waals surface area (Å²) < 4.78 is 25.2. The van der Waals surface area contributed by atoms with Gasteiger partial charge in [-0.05, 0) is 70.3 Å². The van der Waals surface area contributed by atoms with E-state index in [0.29, 0.717) is 12.0 Å². The molecule has 0 amide bonds. The van der Waals surface area contributed by atoms with E-state index in [1.54, 1.807) is 7.11 Å². The zero-order chi connectivity index (χ0) is 19.1. The third-order valence-corrected chi connectivity index (χ3v) is 7.30. The van der Waals surface area contributed by atoms with Crippen LogP contribution in [0.3, 0.4) is 0 Å². The SMILES string of the molecule is COC1C(CO)CCCC1COC1CCN(CCC2CCC(F)CC2)CC1. The average Bonchev–Trinajstić information content (AvgIpc) is 2.72. The molecule has 2 saturated carbocycles. The Bertz CT molecular complexity index is 408. The lowest BCUT2D eigenvalue weighted by atomic mass is 9.79. The number of likely N-dealkylation sites (tertiary alicyclic amines) is 1. The Labute approximate surface area is 164 Å². The van der Waals surface area contributed by atoms with E-state index in [4.69, 9.17) is 9.47 Å². The molecule has 3 aliphatic rings. The molecular formula is C22H40FNO3. The van der Waals surface area contributed by atoms with Gasteiger partial charge >= 0.3 is 0 Å². The van der Waals surface area contributed by atoms with Crippen molar-refractivity contribution in [2.24, 2.45) is 17.8 Å². The van der Waals surface area contributed by atoms with Crippen LogP contribution in [0.25, 0.3) is 0 Å². The van der Waals surface area contributed by atoms with Crippen LogP contribution in [-0.4, -0.2) is 68.3 Å². The number of methoxy groups -OCH3 is 1. The molecule has 1 heterocycles. The quantitative estimate of drug-likeness (QED) is 0.690. The Hall–Kier alpha value is -0.230. The molecule has 5 heteroatoms. The smallest absolute Gasteiger partial charge is 0.100 e. The van der Waals surface area contributed by atoms with Crippen LogP contribution in [0.5, 0.6) is 0 Å². The van der Waals surface area contributed by atoms with Crippen LogP contribution in [0.15, 0.2) is 0 Å². The van der Waals surface area contributed by atoms with Crippen molar-refractivity contribution in [2.45, 2.75) is 82.6 Å². The molecule has 27 heavy (non-hydrogen) atoms. The summed E-state index contributed by atoms with van der Waals surface area (Å²) in [6, 6.07) is 0. The molecule has 3 unspecified atom stereocenters. The van der Waals surface area contributed by atoms with Gasteiger partial charge in [-0.15, -0.1) is 0 Å². The number of piperidine rings is 1. The van der Waals surface area contributed by atoms with Gasteiger partial charge in [-0.1, -0.05) is 6.42 Å². The van der Waals surface area contributed by atoms with Crippen molar-refractivity contribution < 1.29 is 19.0 Å². The summed E-state index contributed by atoms with van der Waals surface area (Å²) in [6.45, 7) is 4.41. The van der Waals surface area contributed by atoms with E-state index in [1.807, 2.05) is 0 Å². The number of rotatable bonds is 8. The lowest BCUT2D eigenvalue weighted by molar-refractivity contribution is -0.0852. The van der Waals surface area contributed by atoms with E-state index in [-0.39, 0.29) is 18.6 Å². The number of aliphatic hydroxyl groups is 1. The molecule has 0 bridgehead atoms. The summed E-state index contributed by atoms with van der Waals surface area (Å²) in [5.74, 6) is 1.43. The van der Waals surface area contributed by atoms with E-state index >= 15 is 0 Å². The normalized spacial score (nSPS) is 36.8. The monoisotopic (exact) mass is 385 g/mol. The average molecular weight is 386 g/mol. The van der Waals surface area contributed by atoms with Crippen molar-refractivity contribution in [2.75, 3.05) is 40.0 Å². The first kappa shape index (κ1) is 21.5. The fourth-order valence-corrected chi connectivity index (χ4v) is 5.45. The van der Waals surface area contributed by atoms with Gasteiger partial charge in [0.05, 0.1) is 18.8 Å². The molecule has 0 aromatic rings. The molecule has 0 spiro atoms. The number of aliphatic hydroxyl groups excluding tert-OH is 1. The van der Waals surface area contributed by atoms with E-state index in [0.717, 1.165) is 77.0 Å². The Kier molecular flexibility index (Phi) is 8.82. The number of alkyl halides is 1.